The van der Waals surface area contributed by atoms with Crippen LogP contribution in [0.2, 0.25) is 0 Å². The van der Waals surface area contributed by atoms with Gasteiger partial charge in [0.25, 0.3) is 5.91 Å². The van der Waals surface area contributed by atoms with Crippen LogP contribution in [0.4, 0.5) is 4.39 Å². The molecule has 0 unspecified atom stereocenters. The van der Waals surface area contributed by atoms with E-state index in [0.717, 1.165) is 29.8 Å². The lowest BCUT2D eigenvalue weighted by molar-refractivity contribution is 0.0893. The Morgan fingerprint density at radius 2 is 2.07 bits per heavy atom. The second-order valence-corrected chi connectivity index (χ2v) is 9.29. The van der Waals surface area contributed by atoms with Gasteiger partial charge >= 0.3 is 0 Å². The minimum absolute atomic E-state index is 0.209. The normalized spacial score (nSPS) is 20.4. The van der Waals surface area contributed by atoms with Crippen LogP contribution in [0.3, 0.4) is 0 Å². The average Bonchev–Trinajstić information content (AvgIpc) is 3.22. The topological polar surface area (TPSA) is 72.7 Å². The molecule has 6 nitrogen and oxygen atoms in total. The zero-order valence-electron chi connectivity index (χ0n) is 17.3. The lowest BCUT2D eigenvalue weighted by Gasteiger charge is -2.30. The highest BCUT2D eigenvalue weighted by Gasteiger charge is 2.50. The van der Waals surface area contributed by atoms with Gasteiger partial charge in [-0.05, 0) is 48.4 Å². The lowest BCUT2D eigenvalue weighted by Crippen LogP contribution is -2.37. The number of carbonyl (C=O) groups excluding carboxylic acids is 1. The van der Waals surface area contributed by atoms with Crippen LogP contribution in [0, 0.1) is 17.2 Å². The fraction of sp³-hybridized carbons (Fsp3) is 0.391. The molecule has 3 atom stereocenters. The van der Waals surface area contributed by atoms with E-state index in [1.165, 1.54) is 12.3 Å². The van der Waals surface area contributed by atoms with Crippen molar-refractivity contribution in [3.8, 4) is 5.82 Å². The van der Waals surface area contributed by atoms with Crippen molar-refractivity contribution in [2.24, 2.45) is 11.3 Å². The third-order valence-corrected chi connectivity index (χ3v) is 6.03. The third-order valence-electron chi connectivity index (χ3n) is 6.03. The van der Waals surface area contributed by atoms with Gasteiger partial charge in [0.2, 0.25) is 0 Å². The van der Waals surface area contributed by atoms with E-state index < -0.39 is 5.82 Å². The zero-order chi connectivity index (χ0) is 21.0. The molecule has 0 bridgehead atoms. The number of pyridine rings is 2. The number of halogens is 1. The molecule has 3 aromatic heterocycles. The van der Waals surface area contributed by atoms with Crippen LogP contribution in [0.25, 0.3) is 5.82 Å². The van der Waals surface area contributed by atoms with Crippen LogP contribution >= 0.6 is 0 Å². The quantitative estimate of drug-likeness (QED) is 0.713. The van der Waals surface area contributed by atoms with Crippen LogP contribution in [-0.2, 0) is 6.42 Å². The van der Waals surface area contributed by atoms with Gasteiger partial charge in [-0.1, -0.05) is 26.8 Å². The van der Waals surface area contributed by atoms with Crippen LogP contribution in [0.1, 0.15) is 66.6 Å². The molecule has 1 fully saturated rings. The maximum atomic E-state index is 13.4. The molecule has 154 valence electrons. The number of hydrogen-bond donors (Lipinski definition) is 1. The Labute approximate surface area is 174 Å². The highest BCUT2D eigenvalue weighted by atomic mass is 19.1. The summed E-state index contributed by atoms with van der Waals surface area (Å²) in [7, 11) is 0. The van der Waals surface area contributed by atoms with E-state index in [1.54, 1.807) is 16.9 Å². The maximum Gasteiger partial charge on any atom is 0.272 e. The Balaban J connectivity index is 1.51. The standard InChI is InChI=1S/C23H24FN5O/c1-23(2,3)21(17-6-4-5-9-25-17)27-22(30)19-16-11-13-10-15(13)20(16)29(28-19)18-8-7-14(24)12-26-18/h4-9,12-13,15,21H,10-11H2,1-3H3,(H,27,30)/t13-,15-,21-/m1/s1. The number of fused-ring (bicyclic) bond motifs is 3. The van der Waals surface area contributed by atoms with E-state index >= 15 is 0 Å². The molecule has 5 rings (SSSR count). The summed E-state index contributed by atoms with van der Waals surface area (Å²) in [5.74, 6) is 0.920. The summed E-state index contributed by atoms with van der Waals surface area (Å²) in [5, 5.41) is 7.80. The lowest BCUT2D eigenvalue weighted by atomic mass is 9.84. The molecule has 0 aliphatic heterocycles. The van der Waals surface area contributed by atoms with Crippen molar-refractivity contribution in [2.45, 2.75) is 45.6 Å². The van der Waals surface area contributed by atoms with Crippen molar-refractivity contribution in [3.05, 3.63) is 71.2 Å². The van der Waals surface area contributed by atoms with Crippen molar-refractivity contribution in [1.82, 2.24) is 25.1 Å². The minimum atomic E-state index is -0.395. The second-order valence-electron chi connectivity index (χ2n) is 9.29. The van der Waals surface area contributed by atoms with Gasteiger partial charge in [0, 0.05) is 17.7 Å². The van der Waals surface area contributed by atoms with Gasteiger partial charge in [-0.3, -0.25) is 9.78 Å². The average molecular weight is 405 g/mol. The van der Waals surface area contributed by atoms with Crippen molar-refractivity contribution in [1.29, 1.82) is 0 Å². The summed E-state index contributed by atoms with van der Waals surface area (Å²) in [4.78, 5) is 22.0. The van der Waals surface area contributed by atoms with E-state index in [-0.39, 0.29) is 17.4 Å². The van der Waals surface area contributed by atoms with E-state index in [4.69, 9.17) is 0 Å². The molecule has 7 heteroatoms. The molecule has 0 aromatic carbocycles. The van der Waals surface area contributed by atoms with Crippen molar-refractivity contribution in [3.63, 3.8) is 0 Å². The van der Waals surface area contributed by atoms with E-state index in [2.05, 4.69) is 41.2 Å². The SMILES string of the molecule is CC(C)(C)[C@H](NC(=O)c1nn(-c2ccc(F)cn2)c2c1C[C@H]1C[C@@H]21)c1ccccn1. The summed E-state index contributed by atoms with van der Waals surface area (Å²) >= 11 is 0. The summed E-state index contributed by atoms with van der Waals surface area (Å²) < 4.78 is 15.1. The molecule has 1 N–H and O–H groups in total. The van der Waals surface area contributed by atoms with Gasteiger partial charge in [0.05, 0.1) is 23.6 Å². The van der Waals surface area contributed by atoms with Crippen LogP contribution < -0.4 is 5.32 Å². The first kappa shape index (κ1) is 18.9. The van der Waals surface area contributed by atoms with Gasteiger partial charge in [-0.15, -0.1) is 0 Å². The molecule has 1 amide bonds. The van der Waals surface area contributed by atoms with Gasteiger partial charge in [-0.2, -0.15) is 5.10 Å². The Morgan fingerprint density at radius 3 is 2.73 bits per heavy atom. The Kier molecular flexibility index (Phi) is 4.24. The number of amides is 1. The number of rotatable bonds is 4. The number of nitrogens with zero attached hydrogens (tertiary/aromatic N) is 4. The number of carbonyl (C=O) groups is 1. The Hall–Kier alpha value is -3.09. The zero-order valence-corrected chi connectivity index (χ0v) is 17.3. The summed E-state index contributed by atoms with van der Waals surface area (Å²) in [5.41, 5.74) is 3.07. The molecular formula is C23H24FN5O. The predicted molar refractivity (Wildman–Crippen MR) is 110 cm³/mol. The van der Waals surface area contributed by atoms with Gasteiger partial charge in [-0.25, -0.2) is 14.1 Å². The Bertz CT molecular complexity index is 1100. The smallest absolute Gasteiger partial charge is 0.272 e. The molecule has 0 spiro atoms. The van der Waals surface area contributed by atoms with Gasteiger partial charge in [0.15, 0.2) is 11.5 Å². The van der Waals surface area contributed by atoms with E-state index in [1.807, 2.05) is 18.2 Å². The maximum absolute atomic E-state index is 13.4. The van der Waals surface area contributed by atoms with Crippen LogP contribution in [0.5, 0.6) is 0 Å². The van der Waals surface area contributed by atoms with Crippen molar-refractivity contribution in [2.75, 3.05) is 0 Å². The predicted octanol–water partition coefficient (Wildman–Crippen LogP) is 3.98. The first-order valence-electron chi connectivity index (χ1n) is 10.3. The summed E-state index contributed by atoms with van der Waals surface area (Å²) in [6.45, 7) is 6.23. The number of nitrogens with one attached hydrogen (secondary N) is 1. The molecule has 0 saturated heterocycles. The van der Waals surface area contributed by atoms with Crippen molar-refractivity contribution >= 4 is 5.91 Å². The number of aromatic nitrogens is 4. The summed E-state index contributed by atoms with van der Waals surface area (Å²) in [6.07, 6.45) is 4.88. The molecular weight excluding hydrogens is 381 g/mol. The fourth-order valence-electron chi connectivity index (χ4n) is 4.45. The fourth-order valence-corrected chi connectivity index (χ4v) is 4.45. The molecule has 0 radical (unpaired) electrons. The molecule has 30 heavy (non-hydrogen) atoms. The van der Waals surface area contributed by atoms with Gasteiger partial charge < -0.3 is 5.32 Å². The first-order chi connectivity index (χ1) is 14.3. The van der Waals surface area contributed by atoms with Crippen LogP contribution in [0.15, 0.2) is 42.7 Å². The Morgan fingerprint density at radius 1 is 1.23 bits per heavy atom. The molecule has 2 aliphatic rings. The van der Waals surface area contributed by atoms with E-state index in [0.29, 0.717) is 23.3 Å². The molecule has 3 aromatic rings. The molecule has 2 aliphatic carbocycles. The monoisotopic (exact) mass is 405 g/mol. The molecule has 1 saturated carbocycles. The highest BCUT2D eigenvalue weighted by Crippen LogP contribution is 2.57. The highest BCUT2D eigenvalue weighted by molar-refractivity contribution is 5.94. The van der Waals surface area contributed by atoms with Gasteiger partial charge in [0.1, 0.15) is 5.82 Å². The largest absolute Gasteiger partial charge is 0.342 e. The second kappa shape index (κ2) is 6.72. The molecule has 3 heterocycles. The van der Waals surface area contributed by atoms with Crippen molar-refractivity contribution < 1.29 is 9.18 Å². The number of hydrogen-bond acceptors (Lipinski definition) is 4. The van der Waals surface area contributed by atoms with E-state index in [9.17, 15) is 9.18 Å². The first-order valence-corrected chi connectivity index (χ1v) is 10.3. The third kappa shape index (κ3) is 3.18. The van der Waals surface area contributed by atoms with Crippen LogP contribution in [-0.4, -0.2) is 25.7 Å². The summed E-state index contributed by atoms with van der Waals surface area (Å²) in [6, 6.07) is 8.43. The minimum Gasteiger partial charge on any atom is -0.342 e.